The van der Waals surface area contributed by atoms with Crippen LogP contribution in [0.2, 0.25) is 0 Å². The van der Waals surface area contributed by atoms with Crippen molar-refractivity contribution in [2.45, 2.75) is 38.1 Å². The maximum atomic E-state index is 13.4. The van der Waals surface area contributed by atoms with Gasteiger partial charge in [-0.3, -0.25) is 4.68 Å². The van der Waals surface area contributed by atoms with E-state index in [0.717, 1.165) is 12.0 Å². The molecule has 0 bridgehead atoms. The van der Waals surface area contributed by atoms with Crippen molar-refractivity contribution in [3.63, 3.8) is 0 Å². The molecule has 2 heterocycles. The zero-order valence-corrected chi connectivity index (χ0v) is 17.3. The van der Waals surface area contributed by atoms with E-state index in [-0.39, 0.29) is 18.4 Å². The highest BCUT2D eigenvalue weighted by atomic mass is 35.5. The largest absolute Gasteiger partial charge is 0.313 e. The first kappa shape index (κ1) is 20.9. The van der Waals surface area contributed by atoms with Gasteiger partial charge < -0.3 is 5.32 Å². The minimum Gasteiger partial charge on any atom is -0.313 e. The Morgan fingerprint density at radius 3 is 2.42 bits per heavy atom. The molecule has 0 spiro atoms. The lowest BCUT2D eigenvalue weighted by molar-refractivity contribution is 0.271. The average Bonchev–Trinajstić information content (AvgIpc) is 2.87. The molecule has 1 saturated heterocycles. The van der Waals surface area contributed by atoms with Gasteiger partial charge >= 0.3 is 0 Å². The minimum atomic E-state index is -3.61. The molecule has 1 fully saturated rings. The fourth-order valence-corrected chi connectivity index (χ4v) is 5.49. The van der Waals surface area contributed by atoms with Crippen LogP contribution in [0.25, 0.3) is 0 Å². The summed E-state index contributed by atoms with van der Waals surface area (Å²) in [5.74, 6) is 0. The van der Waals surface area contributed by atoms with Gasteiger partial charge in [0.1, 0.15) is 4.90 Å². The number of aromatic nitrogens is 2. The fraction of sp³-hybridized carbons (Fsp3) is 0.500. The van der Waals surface area contributed by atoms with Gasteiger partial charge in [0, 0.05) is 26.7 Å². The summed E-state index contributed by atoms with van der Waals surface area (Å²) in [5, 5.41) is 7.61. The van der Waals surface area contributed by atoms with Crippen LogP contribution in [0.5, 0.6) is 0 Å². The molecule has 144 valence electrons. The smallest absolute Gasteiger partial charge is 0.247 e. The number of sulfonamides is 1. The summed E-state index contributed by atoms with van der Waals surface area (Å²) in [5.41, 5.74) is 3.50. The SMILES string of the molecule is CCc1ccc(C2CNCCN2S(=O)(=O)c2c(C)nn(C)c2C)cc1.Cl. The van der Waals surface area contributed by atoms with Gasteiger partial charge in [0.15, 0.2) is 0 Å². The summed E-state index contributed by atoms with van der Waals surface area (Å²) < 4.78 is 30.0. The summed E-state index contributed by atoms with van der Waals surface area (Å²) in [7, 11) is -1.83. The molecule has 1 N–H and O–H groups in total. The Bertz CT molecular complexity index is 862. The van der Waals surface area contributed by atoms with E-state index >= 15 is 0 Å². The van der Waals surface area contributed by atoms with Crippen LogP contribution < -0.4 is 5.32 Å². The van der Waals surface area contributed by atoms with Crippen LogP contribution in [0.3, 0.4) is 0 Å². The van der Waals surface area contributed by atoms with Crippen LogP contribution in [0.15, 0.2) is 29.2 Å². The van der Waals surface area contributed by atoms with E-state index < -0.39 is 10.0 Å². The molecule has 3 rings (SSSR count). The topological polar surface area (TPSA) is 67.2 Å². The van der Waals surface area contributed by atoms with E-state index in [0.29, 0.717) is 35.9 Å². The molecule has 2 aromatic rings. The van der Waals surface area contributed by atoms with Crippen molar-refractivity contribution in [3.8, 4) is 0 Å². The Morgan fingerprint density at radius 1 is 1.23 bits per heavy atom. The van der Waals surface area contributed by atoms with Gasteiger partial charge in [0.25, 0.3) is 0 Å². The van der Waals surface area contributed by atoms with Crippen molar-refractivity contribution < 1.29 is 8.42 Å². The maximum absolute atomic E-state index is 13.4. The Hall–Kier alpha value is -1.41. The van der Waals surface area contributed by atoms with Crippen molar-refractivity contribution in [2.24, 2.45) is 7.05 Å². The van der Waals surface area contributed by atoms with Crippen LogP contribution in [-0.4, -0.2) is 42.1 Å². The Balaban J connectivity index is 0.00000243. The number of aryl methyl sites for hydroxylation is 3. The monoisotopic (exact) mass is 398 g/mol. The molecule has 6 nitrogen and oxygen atoms in total. The first-order valence-corrected chi connectivity index (χ1v) is 10.1. The summed E-state index contributed by atoms with van der Waals surface area (Å²) in [6.45, 7) is 7.40. The molecule has 8 heteroatoms. The normalized spacial score (nSPS) is 18.5. The van der Waals surface area contributed by atoms with E-state index in [2.05, 4.69) is 29.5 Å². The van der Waals surface area contributed by atoms with E-state index in [4.69, 9.17) is 0 Å². The maximum Gasteiger partial charge on any atom is 0.247 e. The summed E-state index contributed by atoms with van der Waals surface area (Å²) in [4.78, 5) is 0.340. The number of benzene rings is 1. The summed E-state index contributed by atoms with van der Waals surface area (Å²) in [6.07, 6.45) is 0.972. The third-order valence-electron chi connectivity index (χ3n) is 4.98. The van der Waals surface area contributed by atoms with Crippen molar-refractivity contribution in [2.75, 3.05) is 19.6 Å². The molecular weight excluding hydrogens is 372 g/mol. The van der Waals surface area contributed by atoms with Gasteiger partial charge in [-0.2, -0.15) is 9.40 Å². The third kappa shape index (κ3) is 3.67. The second-order valence-corrected chi connectivity index (χ2v) is 8.38. The molecular formula is C18H27ClN4O2S. The second kappa shape index (κ2) is 8.08. The lowest BCUT2D eigenvalue weighted by Crippen LogP contribution is -2.48. The van der Waals surface area contributed by atoms with Crippen molar-refractivity contribution in [1.82, 2.24) is 19.4 Å². The number of piperazine rings is 1. The molecule has 0 amide bonds. The first-order valence-electron chi connectivity index (χ1n) is 8.67. The van der Waals surface area contributed by atoms with Gasteiger partial charge in [-0.05, 0) is 31.4 Å². The van der Waals surface area contributed by atoms with Crippen LogP contribution in [0.1, 0.15) is 35.5 Å². The number of halogens is 1. The standard InChI is InChI=1S/C18H26N4O2S.ClH/c1-5-15-6-8-16(9-7-15)17-12-19-10-11-22(17)25(23,24)18-13(2)20-21(4)14(18)3;/h6-9,17,19H,5,10-12H2,1-4H3;1H. The number of nitrogens with one attached hydrogen (secondary N) is 1. The van der Waals surface area contributed by atoms with Crippen LogP contribution >= 0.6 is 12.4 Å². The fourth-order valence-electron chi connectivity index (χ4n) is 3.48. The molecule has 1 aromatic carbocycles. The Morgan fingerprint density at radius 2 is 1.88 bits per heavy atom. The quantitative estimate of drug-likeness (QED) is 0.858. The average molecular weight is 399 g/mol. The number of rotatable bonds is 4. The number of nitrogens with zero attached hydrogens (tertiary/aromatic N) is 3. The molecule has 1 aromatic heterocycles. The second-order valence-electron chi connectivity index (χ2n) is 6.55. The summed E-state index contributed by atoms with van der Waals surface area (Å²) in [6, 6.07) is 8.04. The molecule has 26 heavy (non-hydrogen) atoms. The molecule has 1 atom stereocenters. The predicted molar refractivity (Wildman–Crippen MR) is 105 cm³/mol. The molecule has 1 unspecified atom stereocenters. The Kier molecular flexibility index (Phi) is 6.50. The molecule has 0 aliphatic carbocycles. The molecule has 0 saturated carbocycles. The Labute approximate surface area is 162 Å². The molecule has 1 aliphatic rings. The number of hydrogen-bond acceptors (Lipinski definition) is 4. The van der Waals surface area contributed by atoms with Gasteiger partial charge in [-0.25, -0.2) is 8.42 Å². The highest BCUT2D eigenvalue weighted by molar-refractivity contribution is 7.89. The minimum absolute atomic E-state index is 0. The number of hydrogen-bond donors (Lipinski definition) is 1. The van der Waals surface area contributed by atoms with Gasteiger partial charge in [0.05, 0.1) is 17.4 Å². The predicted octanol–water partition coefficient (Wildman–Crippen LogP) is 2.36. The lowest BCUT2D eigenvalue weighted by Gasteiger charge is -2.35. The van der Waals surface area contributed by atoms with Gasteiger partial charge in [-0.15, -0.1) is 12.4 Å². The van der Waals surface area contributed by atoms with Crippen molar-refractivity contribution in [1.29, 1.82) is 0 Å². The van der Waals surface area contributed by atoms with Crippen molar-refractivity contribution in [3.05, 3.63) is 46.8 Å². The first-order chi connectivity index (χ1) is 11.9. The third-order valence-corrected chi connectivity index (χ3v) is 7.14. The zero-order chi connectivity index (χ0) is 18.2. The van der Waals surface area contributed by atoms with E-state index in [9.17, 15) is 8.42 Å². The van der Waals surface area contributed by atoms with Crippen LogP contribution in [0.4, 0.5) is 0 Å². The molecule has 1 aliphatic heterocycles. The summed E-state index contributed by atoms with van der Waals surface area (Å²) >= 11 is 0. The van der Waals surface area contributed by atoms with E-state index in [1.807, 2.05) is 12.1 Å². The molecule has 0 radical (unpaired) electrons. The highest BCUT2D eigenvalue weighted by Crippen LogP contribution is 2.31. The van der Waals surface area contributed by atoms with E-state index in [1.54, 1.807) is 29.9 Å². The lowest BCUT2D eigenvalue weighted by atomic mass is 10.0. The highest BCUT2D eigenvalue weighted by Gasteiger charge is 2.37. The zero-order valence-electron chi connectivity index (χ0n) is 15.7. The van der Waals surface area contributed by atoms with Gasteiger partial charge in [-0.1, -0.05) is 31.2 Å². The van der Waals surface area contributed by atoms with Gasteiger partial charge in [0.2, 0.25) is 10.0 Å². The van der Waals surface area contributed by atoms with Crippen LogP contribution in [-0.2, 0) is 23.5 Å². The van der Waals surface area contributed by atoms with E-state index in [1.165, 1.54) is 5.56 Å². The van der Waals surface area contributed by atoms with Crippen LogP contribution in [0, 0.1) is 13.8 Å². The van der Waals surface area contributed by atoms with Crippen molar-refractivity contribution >= 4 is 22.4 Å².